The molecule has 0 radical (unpaired) electrons. The van der Waals surface area contributed by atoms with Crippen molar-refractivity contribution in [2.75, 3.05) is 0 Å². The number of rotatable bonds is 2. The number of para-hydroxylation sites is 1. The molecule has 0 saturated carbocycles. The third kappa shape index (κ3) is 3.19. The first-order valence-electron chi connectivity index (χ1n) is 4.78. The number of benzene rings is 1. The first-order valence-corrected chi connectivity index (χ1v) is 5.58. The Morgan fingerprint density at radius 3 is 2.50 bits per heavy atom. The minimum absolute atomic E-state index is 0.248. The van der Waals surface area contributed by atoms with E-state index in [9.17, 15) is 13.2 Å². The van der Waals surface area contributed by atoms with E-state index in [0.29, 0.717) is 10.3 Å². The molecule has 18 heavy (non-hydrogen) atoms. The van der Waals surface area contributed by atoms with Crippen molar-refractivity contribution in [2.45, 2.75) is 6.36 Å². The summed E-state index contributed by atoms with van der Waals surface area (Å²) in [6.07, 6.45) is -3.48. The molecule has 0 aliphatic carbocycles. The molecule has 94 valence electrons. The van der Waals surface area contributed by atoms with E-state index in [2.05, 4.69) is 30.6 Å². The molecule has 1 heterocycles. The van der Waals surface area contributed by atoms with Crippen molar-refractivity contribution in [1.29, 1.82) is 0 Å². The van der Waals surface area contributed by atoms with Crippen LogP contribution < -0.4 is 4.74 Å². The highest BCUT2D eigenvalue weighted by atomic mass is 79.9. The molecule has 0 aliphatic heterocycles. The largest absolute Gasteiger partial charge is 0.573 e. The van der Waals surface area contributed by atoms with Crippen LogP contribution in [0.5, 0.6) is 5.75 Å². The fourth-order valence-electron chi connectivity index (χ4n) is 1.37. The second-order valence-corrected chi connectivity index (χ2v) is 4.08. The van der Waals surface area contributed by atoms with Gasteiger partial charge in [-0.3, -0.25) is 0 Å². The Balaban J connectivity index is 2.45. The van der Waals surface area contributed by atoms with Crippen molar-refractivity contribution in [2.24, 2.45) is 0 Å². The number of hydrogen-bond donors (Lipinski definition) is 0. The van der Waals surface area contributed by atoms with Crippen LogP contribution >= 0.6 is 15.9 Å². The number of ether oxygens (including phenoxy) is 1. The van der Waals surface area contributed by atoms with Gasteiger partial charge in [0.25, 0.3) is 0 Å². The molecule has 0 fully saturated rings. The lowest BCUT2D eigenvalue weighted by Gasteiger charge is -2.12. The summed E-state index contributed by atoms with van der Waals surface area (Å²) in [4.78, 5) is 7.72. The summed E-state index contributed by atoms with van der Waals surface area (Å²) in [7, 11) is 0. The van der Waals surface area contributed by atoms with E-state index in [4.69, 9.17) is 0 Å². The van der Waals surface area contributed by atoms with Crippen molar-refractivity contribution < 1.29 is 17.9 Å². The summed E-state index contributed by atoms with van der Waals surface area (Å²) < 4.78 is 41.2. The zero-order valence-corrected chi connectivity index (χ0v) is 10.4. The molecule has 0 N–H and O–H groups in total. The van der Waals surface area contributed by atoms with Gasteiger partial charge in [0, 0.05) is 5.56 Å². The summed E-state index contributed by atoms with van der Waals surface area (Å²) in [6.45, 7) is 0. The molecule has 0 unspecified atom stereocenters. The van der Waals surface area contributed by atoms with E-state index in [-0.39, 0.29) is 11.3 Å². The normalized spacial score (nSPS) is 11.3. The van der Waals surface area contributed by atoms with Gasteiger partial charge in [-0.15, -0.1) is 13.2 Å². The monoisotopic (exact) mass is 318 g/mol. The van der Waals surface area contributed by atoms with Crippen molar-refractivity contribution in [3.63, 3.8) is 0 Å². The van der Waals surface area contributed by atoms with Gasteiger partial charge in [-0.1, -0.05) is 12.1 Å². The Labute approximate surface area is 109 Å². The topological polar surface area (TPSA) is 35.0 Å². The summed E-state index contributed by atoms with van der Waals surface area (Å²) in [5.41, 5.74) is 0.592. The highest BCUT2D eigenvalue weighted by molar-refractivity contribution is 9.10. The van der Waals surface area contributed by atoms with Gasteiger partial charge in [0.2, 0.25) is 0 Å². The third-order valence-corrected chi connectivity index (χ3v) is 2.46. The van der Waals surface area contributed by atoms with Crippen molar-refractivity contribution in [3.8, 4) is 17.0 Å². The van der Waals surface area contributed by atoms with Crippen LogP contribution in [0, 0.1) is 0 Å². The zero-order chi connectivity index (χ0) is 13.2. The molecule has 0 bridgehead atoms. The maximum Gasteiger partial charge on any atom is 0.573 e. The average molecular weight is 319 g/mol. The summed E-state index contributed by atoms with van der Waals surface area (Å²) in [6, 6.07) is 7.31. The lowest BCUT2D eigenvalue weighted by Crippen LogP contribution is -2.17. The Bertz CT molecular complexity index is 560. The Kier molecular flexibility index (Phi) is 3.51. The van der Waals surface area contributed by atoms with Gasteiger partial charge in [-0.2, -0.15) is 0 Å². The van der Waals surface area contributed by atoms with Crippen LogP contribution in [-0.2, 0) is 0 Å². The van der Waals surface area contributed by atoms with Crippen LogP contribution in [0.1, 0.15) is 0 Å². The van der Waals surface area contributed by atoms with Gasteiger partial charge in [0.1, 0.15) is 16.7 Å². The smallest absolute Gasteiger partial charge is 0.405 e. The van der Waals surface area contributed by atoms with E-state index in [1.54, 1.807) is 6.07 Å². The van der Waals surface area contributed by atoms with E-state index in [1.165, 1.54) is 30.6 Å². The van der Waals surface area contributed by atoms with Crippen LogP contribution in [0.2, 0.25) is 0 Å². The van der Waals surface area contributed by atoms with E-state index in [1.807, 2.05) is 0 Å². The molecule has 0 saturated heterocycles. The van der Waals surface area contributed by atoms with Crippen LogP contribution in [0.15, 0.2) is 41.3 Å². The molecule has 0 aliphatic rings. The average Bonchev–Trinajstić information content (AvgIpc) is 2.27. The van der Waals surface area contributed by atoms with Gasteiger partial charge >= 0.3 is 6.36 Å². The molecule has 0 spiro atoms. The summed E-state index contributed by atoms with van der Waals surface area (Å²) >= 11 is 3.13. The van der Waals surface area contributed by atoms with Gasteiger partial charge in [-0.25, -0.2) is 9.97 Å². The summed E-state index contributed by atoms with van der Waals surface area (Å²) in [5, 5.41) is 0. The SMILES string of the molecule is FC(F)(F)Oc1ccccc1-c1cc(Br)ncn1. The first kappa shape index (κ1) is 12.8. The predicted octanol–water partition coefficient (Wildman–Crippen LogP) is 3.80. The maximum absolute atomic E-state index is 12.3. The van der Waals surface area contributed by atoms with Crippen molar-refractivity contribution in [1.82, 2.24) is 9.97 Å². The highest BCUT2D eigenvalue weighted by Crippen LogP contribution is 2.32. The van der Waals surface area contributed by atoms with Crippen LogP contribution in [-0.4, -0.2) is 16.3 Å². The van der Waals surface area contributed by atoms with E-state index < -0.39 is 6.36 Å². The molecular weight excluding hydrogens is 313 g/mol. The molecule has 0 atom stereocenters. The molecule has 2 aromatic rings. The van der Waals surface area contributed by atoms with Gasteiger partial charge in [0.05, 0.1) is 5.69 Å². The fourth-order valence-corrected chi connectivity index (χ4v) is 1.68. The standard InChI is InChI=1S/C11H6BrF3N2O/c12-10-5-8(16-6-17-10)7-3-1-2-4-9(7)18-11(13,14)15/h1-6H. The van der Waals surface area contributed by atoms with Gasteiger partial charge in [0.15, 0.2) is 0 Å². The molecule has 3 nitrogen and oxygen atoms in total. The van der Waals surface area contributed by atoms with Gasteiger partial charge in [-0.05, 0) is 34.1 Å². The number of alkyl halides is 3. The second kappa shape index (κ2) is 4.93. The number of halogens is 4. The quantitative estimate of drug-likeness (QED) is 0.790. The van der Waals surface area contributed by atoms with Gasteiger partial charge < -0.3 is 4.74 Å². The van der Waals surface area contributed by atoms with Crippen LogP contribution in [0.25, 0.3) is 11.3 Å². The van der Waals surface area contributed by atoms with Crippen LogP contribution in [0.4, 0.5) is 13.2 Å². The van der Waals surface area contributed by atoms with E-state index in [0.717, 1.165) is 0 Å². The molecule has 1 aromatic carbocycles. The summed E-state index contributed by atoms with van der Waals surface area (Å²) in [5.74, 6) is -0.296. The Morgan fingerprint density at radius 2 is 1.83 bits per heavy atom. The minimum Gasteiger partial charge on any atom is -0.405 e. The number of aromatic nitrogens is 2. The fraction of sp³-hybridized carbons (Fsp3) is 0.0909. The van der Waals surface area contributed by atoms with Crippen molar-refractivity contribution in [3.05, 3.63) is 41.3 Å². The lowest BCUT2D eigenvalue weighted by molar-refractivity contribution is -0.274. The maximum atomic E-state index is 12.3. The van der Waals surface area contributed by atoms with Crippen molar-refractivity contribution >= 4 is 15.9 Å². The zero-order valence-electron chi connectivity index (χ0n) is 8.78. The third-order valence-electron chi connectivity index (χ3n) is 2.02. The molecule has 0 amide bonds. The molecule has 1 aromatic heterocycles. The second-order valence-electron chi connectivity index (χ2n) is 3.27. The Hall–Kier alpha value is -1.63. The minimum atomic E-state index is -4.74. The molecular formula is C11H6BrF3N2O. The van der Waals surface area contributed by atoms with E-state index >= 15 is 0 Å². The Morgan fingerprint density at radius 1 is 1.11 bits per heavy atom. The predicted molar refractivity (Wildman–Crippen MR) is 61.9 cm³/mol. The first-order chi connectivity index (χ1) is 8.46. The lowest BCUT2D eigenvalue weighted by atomic mass is 10.1. The molecule has 7 heteroatoms. The van der Waals surface area contributed by atoms with Crippen LogP contribution in [0.3, 0.4) is 0 Å². The molecule has 2 rings (SSSR count). The number of nitrogens with zero attached hydrogens (tertiary/aromatic N) is 2. The number of hydrogen-bond acceptors (Lipinski definition) is 3. The highest BCUT2D eigenvalue weighted by Gasteiger charge is 2.32.